The molecule has 0 bridgehead atoms. The summed E-state index contributed by atoms with van der Waals surface area (Å²) in [6.07, 6.45) is 4.09. The normalized spacial score (nSPS) is 20.0. The molecule has 0 aliphatic carbocycles. The van der Waals surface area contributed by atoms with Crippen molar-refractivity contribution < 1.29 is 9.31 Å². The Morgan fingerprint density at radius 3 is 2.05 bits per heavy atom. The second kappa shape index (κ2) is 4.75. The highest BCUT2D eigenvalue weighted by atomic mass is 16.7. The van der Waals surface area contributed by atoms with Crippen molar-refractivity contribution >= 4 is 12.6 Å². The Morgan fingerprint density at radius 1 is 0.905 bits per heavy atom. The van der Waals surface area contributed by atoms with Gasteiger partial charge < -0.3 is 13.9 Å². The van der Waals surface area contributed by atoms with E-state index in [-0.39, 0.29) is 18.3 Å². The number of hydrogen-bond donors (Lipinski definition) is 0. The fourth-order valence-electron chi connectivity index (χ4n) is 2.56. The molecule has 0 radical (unpaired) electrons. The lowest BCUT2D eigenvalue weighted by atomic mass is 9.78. The molecule has 1 aliphatic rings. The van der Waals surface area contributed by atoms with Crippen LogP contribution in [0.15, 0.2) is 42.7 Å². The molecule has 2 heterocycles. The largest absolute Gasteiger partial charge is 0.494 e. The predicted octanol–water partition coefficient (Wildman–Crippen LogP) is 3.08. The van der Waals surface area contributed by atoms with Crippen LogP contribution in [0.3, 0.4) is 0 Å². The van der Waals surface area contributed by atoms with Gasteiger partial charge in [-0.05, 0) is 69.9 Å². The Kier molecular flexibility index (Phi) is 3.26. The summed E-state index contributed by atoms with van der Waals surface area (Å²) in [5.74, 6) is 0. The summed E-state index contributed by atoms with van der Waals surface area (Å²) in [5.41, 5.74) is 2.78. The van der Waals surface area contributed by atoms with Crippen LogP contribution in [0.5, 0.6) is 0 Å². The first-order chi connectivity index (χ1) is 9.78. The number of aromatic nitrogens is 1. The van der Waals surface area contributed by atoms with E-state index in [1.165, 1.54) is 5.56 Å². The first-order valence-electron chi connectivity index (χ1n) is 7.39. The van der Waals surface area contributed by atoms with Crippen LogP contribution in [0.1, 0.15) is 33.3 Å². The van der Waals surface area contributed by atoms with Gasteiger partial charge in [0.1, 0.15) is 0 Å². The van der Waals surface area contributed by atoms with Crippen molar-refractivity contribution in [2.75, 3.05) is 0 Å². The van der Waals surface area contributed by atoms with Gasteiger partial charge in [-0.2, -0.15) is 0 Å². The average Bonchev–Trinajstić information content (AvgIpc) is 2.96. The van der Waals surface area contributed by atoms with E-state index in [2.05, 4.69) is 57.4 Å². The molecule has 1 aliphatic heterocycles. The van der Waals surface area contributed by atoms with Crippen LogP contribution in [0.25, 0.3) is 5.69 Å². The zero-order valence-corrected chi connectivity index (χ0v) is 13.4. The molecule has 0 spiro atoms. The van der Waals surface area contributed by atoms with Crippen LogP contribution in [0.2, 0.25) is 0 Å². The molecule has 2 aromatic rings. The van der Waals surface area contributed by atoms with Gasteiger partial charge in [0, 0.05) is 18.1 Å². The molecule has 0 amide bonds. The summed E-state index contributed by atoms with van der Waals surface area (Å²) >= 11 is 0. The third kappa shape index (κ3) is 2.54. The van der Waals surface area contributed by atoms with Gasteiger partial charge in [0.15, 0.2) is 0 Å². The topological polar surface area (TPSA) is 23.4 Å². The number of nitrogens with zero attached hydrogens (tertiary/aromatic N) is 1. The van der Waals surface area contributed by atoms with Gasteiger partial charge in [0.2, 0.25) is 0 Å². The van der Waals surface area contributed by atoms with E-state index in [1.807, 2.05) is 24.5 Å². The zero-order valence-electron chi connectivity index (χ0n) is 13.4. The molecule has 110 valence electrons. The maximum absolute atomic E-state index is 6.15. The van der Waals surface area contributed by atoms with Crippen molar-refractivity contribution in [3.8, 4) is 5.69 Å². The van der Waals surface area contributed by atoms with Crippen LogP contribution < -0.4 is 5.46 Å². The van der Waals surface area contributed by atoms with Crippen LogP contribution in [-0.4, -0.2) is 22.9 Å². The van der Waals surface area contributed by atoms with Crippen LogP contribution in [0.4, 0.5) is 0 Å². The quantitative estimate of drug-likeness (QED) is 0.791. The minimum absolute atomic E-state index is 0.310. The van der Waals surface area contributed by atoms with Crippen molar-refractivity contribution in [3.05, 3.63) is 48.3 Å². The summed E-state index contributed by atoms with van der Waals surface area (Å²) in [6, 6.07) is 10.5. The molecule has 0 unspecified atom stereocenters. The summed E-state index contributed by atoms with van der Waals surface area (Å²) in [7, 11) is -0.316. The Hall–Kier alpha value is -1.52. The highest BCUT2D eigenvalue weighted by Crippen LogP contribution is 2.36. The molecule has 1 saturated heterocycles. The van der Waals surface area contributed by atoms with E-state index in [0.717, 1.165) is 11.2 Å². The van der Waals surface area contributed by atoms with E-state index >= 15 is 0 Å². The molecule has 3 rings (SSSR count). The first-order valence-corrected chi connectivity index (χ1v) is 7.39. The van der Waals surface area contributed by atoms with Crippen molar-refractivity contribution in [1.29, 1.82) is 0 Å². The SMILES string of the molecule is Cc1cc(B2OC(C)(C)C(C)(C)O2)cc(-n2cccc2)c1. The molecule has 1 aromatic carbocycles. The van der Waals surface area contributed by atoms with Gasteiger partial charge in [-0.1, -0.05) is 6.07 Å². The molecule has 1 fully saturated rings. The smallest absolute Gasteiger partial charge is 0.399 e. The Balaban J connectivity index is 1.97. The van der Waals surface area contributed by atoms with E-state index in [9.17, 15) is 0 Å². The molecule has 0 atom stereocenters. The maximum Gasteiger partial charge on any atom is 0.494 e. The van der Waals surface area contributed by atoms with Gasteiger partial charge in [0.25, 0.3) is 0 Å². The fourth-order valence-corrected chi connectivity index (χ4v) is 2.56. The lowest BCUT2D eigenvalue weighted by Gasteiger charge is -2.32. The maximum atomic E-state index is 6.15. The third-order valence-corrected chi connectivity index (χ3v) is 4.51. The summed E-state index contributed by atoms with van der Waals surface area (Å²) in [5, 5.41) is 0. The average molecular weight is 283 g/mol. The number of hydrogen-bond acceptors (Lipinski definition) is 2. The van der Waals surface area contributed by atoms with Crippen molar-refractivity contribution in [1.82, 2.24) is 4.57 Å². The molecule has 4 heteroatoms. The van der Waals surface area contributed by atoms with Crippen molar-refractivity contribution in [2.45, 2.75) is 45.8 Å². The lowest BCUT2D eigenvalue weighted by Crippen LogP contribution is -2.41. The number of aryl methyl sites for hydroxylation is 1. The molecule has 21 heavy (non-hydrogen) atoms. The zero-order chi connectivity index (χ0) is 15.3. The molecular formula is C17H22BNO2. The van der Waals surface area contributed by atoms with Crippen LogP contribution in [0, 0.1) is 6.92 Å². The number of benzene rings is 1. The highest BCUT2D eigenvalue weighted by Gasteiger charge is 2.51. The molecule has 3 nitrogen and oxygen atoms in total. The van der Waals surface area contributed by atoms with Gasteiger partial charge in [-0.25, -0.2) is 0 Å². The van der Waals surface area contributed by atoms with Gasteiger partial charge in [-0.3, -0.25) is 0 Å². The lowest BCUT2D eigenvalue weighted by molar-refractivity contribution is 0.00578. The van der Waals surface area contributed by atoms with Crippen molar-refractivity contribution in [2.24, 2.45) is 0 Å². The van der Waals surface area contributed by atoms with E-state index < -0.39 is 0 Å². The van der Waals surface area contributed by atoms with Crippen LogP contribution in [-0.2, 0) is 9.31 Å². The van der Waals surface area contributed by atoms with Crippen LogP contribution >= 0.6 is 0 Å². The second-order valence-corrected chi connectivity index (χ2v) is 6.78. The number of rotatable bonds is 2. The first kappa shape index (κ1) is 14.4. The second-order valence-electron chi connectivity index (χ2n) is 6.78. The van der Waals surface area contributed by atoms with Gasteiger partial charge in [-0.15, -0.1) is 0 Å². The minimum Gasteiger partial charge on any atom is -0.399 e. The minimum atomic E-state index is -0.316. The molecular weight excluding hydrogens is 261 g/mol. The van der Waals surface area contributed by atoms with E-state index in [0.29, 0.717) is 0 Å². The fraction of sp³-hybridized carbons (Fsp3) is 0.412. The van der Waals surface area contributed by atoms with Crippen molar-refractivity contribution in [3.63, 3.8) is 0 Å². The highest BCUT2D eigenvalue weighted by molar-refractivity contribution is 6.62. The molecule has 0 saturated carbocycles. The Bertz CT molecular complexity index is 631. The van der Waals surface area contributed by atoms with E-state index in [4.69, 9.17) is 9.31 Å². The standard InChI is InChI=1S/C17H22BNO2/c1-13-10-14(12-15(11-13)19-8-6-7-9-19)18-20-16(2,3)17(4,5)21-18/h6-12H,1-5H3. The molecule has 0 N–H and O–H groups in total. The third-order valence-electron chi connectivity index (χ3n) is 4.51. The summed E-state index contributed by atoms with van der Waals surface area (Å²) in [4.78, 5) is 0. The Labute approximate surface area is 127 Å². The van der Waals surface area contributed by atoms with Gasteiger partial charge in [0.05, 0.1) is 11.2 Å². The molecule has 1 aromatic heterocycles. The Morgan fingerprint density at radius 2 is 1.48 bits per heavy atom. The summed E-state index contributed by atoms with van der Waals surface area (Å²) in [6.45, 7) is 10.4. The van der Waals surface area contributed by atoms with E-state index in [1.54, 1.807) is 0 Å². The summed E-state index contributed by atoms with van der Waals surface area (Å²) < 4.78 is 14.4. The van der Waals surface area contributed by atoms with Gasteiger partial charge >= 0.3 is 7.12 Å². The monoisotopic (exact) mass is 283 g/mol. The predicted molar refractivity (Wildman–Crippen MR) is 86.2 cm³/mol.